The molecule has 0 saturated heterocycles. The van der Waals surface area contributed by atoms with Gasteiger partial charge in [0.15, 0.2) is 5.96 Å². The molecule has 148 valence electrons. The van der Waals surface area contributed by atoms with Crippen LogP contribution in [0.15, 0.2) is 45.0 Å². The van der Waals surface area contributed by atoms with Gasteiger partial charge in [-0.1, -0.05) is 12.1 Å². The van der Waals surface area contributed by atoms with Gasteiger partial charge in [-0.15, -0.1) is 35.7 Å². The molecule has 2 aromatic rings. The molecule has 3 rings (SSSR count). The predicted molar refractivity (Wildman–Crippen MR) is 126 cm³/mol. The summed E-state index contributed by atoms with van der Waals surface area (Å²) in [6.45, 7) is 1.77. The Kier molecular flexibility index (Phi) is 9.91. The van der Waals surface area contributed by atoms with Crippen molar-refractivity contribution >= 4 is 57.6 Å². The molecular weight excluding hydrogens is 539 g/mol. The van der Waals surface area contributed by atoms with Crippen molar-refractivity contribution in [2.75, 3.05) is 19.3 Å². The van der Waals surface area contributed by atoms with Gasteiger partial charge in [0.05, 0.1) is 6.54 Å². The summed E-state index contributed by atoms with van der Waals surface area (Å²) >= 11 is 5.49. The smallest absolute Gasteiger partial charge is 0.191 e. The van der Waals surface area contributed by atoms with Crippen molar-refractivity contribution in [3.8, 4) is 0 Å². The van der Waals surface area contributed by atoms with Crippen molar-refractivity contribution < 1.29 is 0 Å². The monoisotopic (exact) mass is 564 g/mol. The molecule has 1 unspecified atom stereocenters. The van der Waals surface area contributed by atoms with E-state index in [-0.39, 0.29) is 24.0 Å². The molecule has 6 nitrogen and oxygen atoms in total. The second-order valence-electron chi connectivity index (χ2n) is 6.22. The lowest BCUT2D eigenvalue weighted by atomic mass is 10.1. The van der Waals surface area contributed by atoms with Gasteiger partial charge in [0.1, 0.15) is 12.2 Å². The van der Waals surface area contributed by atoms with Crippen LogP contribution in [0.2, 0.25) is 0 Å². The maximum atomic E-state index is 4.34. The van der Waals surface area contributed by atoms with Gasteiger partial charge in [0, 0.05) is 35.4 Å². The van der Waals surface area contributed by atoms with Crippen LogP contribution < -0.4 is 10.6 Å². The fraction of sp³-hybridized carbons (Fsp3) is 0.500. The Hall–Kier alpha value is -0.810. The molecule has 1 aromatic carbocycles. The van der Waals surface area contributed by atoms with Gasteiger partial charge in [-0.05, 0) is 53.1 Å². The van der Waals surface area contributed by atoms with Gasteiger partial charge in [-0.25, -0.2) is 9.67 Å². The molecule has 0 spiro atoms. The third-order valence-electron chi connectivity index (χ3n) is 4.33. The Bertz CT molecular complexity index is 738. The Morgan fingerprint density at radius 3 is 3.04 bits per heavy atom. The Balaban J connectivity index is 0.00000261. The second-order valence-corrected chi connectivity index (χ2v) is 8.21. The number of thioether (sulfide) groups is 1. The van der Waals surface area contributed by atoms with Crippen molar-refractivity contribution in [1.29, 1.82) is 0 Å². The van der Waals surface area contributed by atoms with Crippen molar-refractivity contribution in [3.63, 3.8) is 0 Å². The van der Waals surface area contributed by atoms with Gasteiger partial charge in [0.2, 0.25) is 0 Å². The van der Waals surface area contributed by atoms with Crippen molar-refractivity contribution in [1.82, 2.24) is 25.4 Å². The molecule has 0 bridgehead atoms. The number of hydrogen-bond acceptors (Lipinski definition) is 4. The molecule has 1 aliphatic rings. The molecule has 0 aliphatic carbocycles. The highest BCUT2D eigenvalue weighted by molar-refractivity contribution is 14.0. The quantitative estimate of drug-likeness (QED) is 0.176. The molecule has 0 saturated carbocycles. The number of rotatable bonds is 7. The van der Waals surface area contributed by atoms with E-state index in [1.807, 2.05) is 29.6 Å². The molecule has 1 aromatic heterocycles. The lowest BCUT2D eigenvalue weighted by molar-refractivity contribution is 0.392. The number of nitrogens with zero attached hydrogens (tertiary/aromatic N) is 4. The average molecular weight is 565 g/mol. The number of benzene rings is 1. The molecule has 0 radical (unpaired) electrons. The van der Waals surface area contributed by atoms with Gasteiger partial charge in [0.25, 0.3) is 0 Å². The maximum absolute atomic E-state index is 4.34. The van der Waals surface area contributed by atoms with Crippen LogP contribution in [0, 0.1) is 0 Å². The van der Waals surface area contributed by atoms with Gasteiger partial charge in [-0.2, -0.15) is 5.10 Å². The van der Waals surface area contributed by atoms with E-state index in [0.717, 1.165) is 49.9 Å². The summed E-state index contributed by atoms with van der Waals surface area (Å²) < 4.78 is 3.16. The van der Waals surface area contributed by atoms with Crippen LogP contribution in [-0.2, 0) is 13.0 Å². The summed E-state index contributed by atoms with van der Waals surface area (Å²) in [7, 11) is 1.82. The molecule has 1 aliphatic heterocycles. The van der Waals surface area contributed by atoms with Gasteiger partial charge < -0.3 is 10.6 Å². The maximum Gasteiger partial charge on any atom is 0.191 e. The van der Waals surface area contributed by atoms with Gasteiger partial charge in [-0.3, -0.25) is 4.99 Å². The molecule has 2 heterocycles. The zero-order valence-electron chi connectivity index (χ0n) is 15.4. The predicted octanol–water partition coefficient (Wildman–Crippen LogP) is 3.71. The fourth-order valence-corrected chi connectivity index (χ4v) is 4.50. The highest BCUT2D eigenvalue weighted by Crippen LogP contribution is 2.27. The number of halogens is 2. The highest BCUT2D eigenvalue weighted by atomic mass is 127. The fourth-order valence-electron chi connectivity index (χ4n) is 2.92. The van der Waals surface area contributed by atoms with Crippen LogP contribution in [0.25, 0.3) is 0 Å². The molecule has 0 amide bonds. The summed E-state index contributed by atoms with van der Waals surface area (Å²) in [5.41, 5.74) is 0. The number of fused-ring (bicyclic) bond motifs is 1. The molecular formula is C18H26BrIN6S. The van der Waals surface area contributed by atoms with E-state index >= 15 is 0 Å². The summed E-state index contributed by atoms with van der Waals surface area (Å²) in [5.74, 6) is 3.07. The first-order valence-corrected chi connectivity index (χ1v) is 10.8. The molecule has 1 atom stereocenters. The lowest BCUT2D eigenvalue weighted by Crippen LogP contribution is -2.47. The summed E-state index contributed by atoms with van der Waals surface area (Å²) in [6, 6.07) is 8.72. The zero-order valence-corrected chi connectivity index (χ0v) is 20.1. The van der Waals surface area contributed by atoms with Crippen LogP contribution in [0.3, 0.4) is 0 Å². The van der Waals surface area contributed by atoms with Crippen LogP contribution in [0.5, 0.6) is 0 Å². The number of nitrogens with one attached hydrogen (secondary N) is 2. The number of guanidine groups is 1. The van der Waals surface area contributed by atoms with Crippen molar-refractivity contribution in [2.24, 2.45) is 4.99 Å². The number of aromatic nitrogens is 3. The van der Waals surface area contributed by atoms with E-state index in [0.29, 0.717) is 6.04 Å². The minimum atomic E-state index is 0. The van der Waals surface area contributed by atoms with Gasteiger partial charge >= 0.3 is 0 Å². The molecule has 9 heteroatoms. The minimum absolute atomic E-state index is 0. The van der Waals surface area contributed by atoms with Crippen molar-refractivity contribution in [2.45, 2.75) is 43.2 Å². The highest BCUT2D eigenvalue weighted by Gasteiger charge is 2.20. The van der Waals surface area contributed by atoms with Crippen LogP contribution in [0.1, 0.15) is 25.1 Å². The second kappa shape index (κ2) is 11.9. The Morgan fingerprint density at radius 2 is 2.22 bits per heavy atom. The molecule has 0 fully saturated rings. The van der Waals surface area contributed by atoms with Crippen molar-refractivity contribution in [3.05, 3.63) is 40.9 Å². The van der Waals surface area contributed by atoms with E-state index in [1.165, 1.54) is 15.8 Å². The molecule has 2 N–H and O–H groups in total. The number of hydrogen-bond donors (Lipinski definition) is 2. The molecule has 27 heavy (non-hydrogen) atoms. The largest absolute Gasteiger partial charge is 0.356 e. The number of unbranched alkanes of at least 4 members (excludes halogenated alkanes) is 1. The van der Waals surface area contributed by atoms with E-state index in [2.05, 4.69) is 59.8 Å². The third kappa shape index (κ3) is 6.94. The average Bonchev–Trinajstić information content (AvgIpc) is 3.12. The summed E-state index contributed by atoms with van der Waals surface area (Å²) in [4.78, 5) is 9.92. The zero-order chi connectivity index (χ0) is 18.2. The minimum Gasteiger partial charge on any atom is -0.356 e. The number of aliphatic imine (C=N–C) groups is 1. The first kappa shape index (κ1) is 22.5. The first-order chi connectivity index (χ1) is 12.8. The van der Waals surface area contributed by atoms with E-state index in [9.17, 15) is 0 Å². The van der Waals surface area contributed by atoms with E-state index in [4.69, 9.17) is 0 Å². The summed E-state index contributed by atoms with van der Waals surface area (Å²) in [5, 5.41) is 11.2. The lowest BCUT2D eigenvalue weighted by Gasteiger charge is -2.25. The standard InChI is InChI=1S/C18H25BrN6S.HI/c1-20-18(24-14-8-9-17-22-13-23-25(17)12-14)21-10-4-5-11-26-16-7-3-2-6-15(16)19;/h2-3,6-7,13-14H,4-5,8-12H2,1H3,(H2,20,21,24);1H. The Labute approximate surface area is 190 Å². The van der Waals surface area contributed by atoms with Crippen LogP contribution in [-0.4, -0.2) is 46.1 Å². The SMILES string of the molecule is CN=C(NCCCCSc1ccccc1Br)NC1CCc2ncnn2C1.I. The van der Waals surface area contributed by atoms with Crippen LogP contribution >= 0.6 is 51.7 Å². The van der Waals surface area contributed by atoms with E-state index in [1.54, 1.807) is 6.33 Å². The first-order valence-electron chi connectivity index (χ1n) is 8.97. The normalized spacial score (nSPS) is 16.4. The van der Waals surface area contributed by atoms with Crippen LogP contribution in [0.4, 0.5) is 0 Å². The topological polar surface area (TPSA) is 67.1 Å². The summed E-state index contributed by atoms with van der Waals surface area (Å²) in [6.07, 6.45) is 5.94. The Morgan fingerprint density at radius 1 is 1.37 bits per heavy atom. The third-order valence-corrected chi connectivity index (χ3v) is 6.44. The number of aryl methyl sites for hydroxylation is 1. The van der Waals surface area contributed by atoms with E-state index < -0.39 is 0 Å².